The topological polar surface area (TPSA) is 38.8 Å². The summed E-state index contributed by atoms with van der Waals surface area (Å²) in [5.74, 6) is 1.59. The van der Waals surface area contributed by atoms with Crippen LogP contribution in [-0.2, 0) is 4.79 Å². The number of hydrogen-bond donors (Lipinski definition) is 0. The highest BCUT2D eigenvalue weighted by Crippen LogP contribution is 2.39. The third kappa shape index (κ3) is 3.74. The lowest BCUT2D eigenvalue weighted by molar-refractivity contribution is -0.126. The first kappa shape index (κ1) is 18.1. The van der Waals surface area contributed by atoms with Crippen LogP contribution >= 0.6 is 0 Å². The molecular formula is C22H25NO3. The number of likely N-dealkylation sites (tertiary alicyclic amines) is 1. The van der Waals surface area contributed by atoms with Gasteiger partial charge in [0.1, 0.15) is 11.5 Å². The Morgan fingerprint density at radius 3 is 2.69 bits per heavy atom. The first-order chi connectivity index (χ1) is 12.6. The van der Waals surface area contributed by atoms with Gasteiger partial charge in [-0.2, -0.15) is 0 Å². The number of rotatable bonds is 5. The number of carbonyl (C=O) groups excluding carboxylic acids is 1. The third-order valence-electron chi connectivity index (χ3n) is 4.93. The van der Waals surface area contributed by atoms with Crippen LogP contribution in [0.1, 0.15) is 35.6 Å². The molecule has 0 N–H and O–H groups in total. The Kier molecular flexibility index (Phi) is 5.61. The minimum absolute atomic E-state index is 0.00840. The van der Waals surface area contributed by atoms with Crippen molar-refractivity contribution in [2.75, 3.05) is 20.8 Å². The van der Waals surface area contributed by atoms with Crippen molar-refractivity contribution in [2.45, 2.75) is 25.8 Å². The second-order valence-corrected chi connectivity index (χ2v) is 6.49. The minimum Gasteiger partial charge on any atom is -0.497 e. The van der Waals surface area contributed by atoms with Crippen molar-refractivity contribution in [3.05, 3.63) is 65.2 Å². The van der Waals surface area contributed by atoms with Crippen molar-refractivity contribution in [3.8, 4) is 11.5 Å². The largest absolute Gasteiger partial charge is 0.497 e. The highest BCUT2D eigenvalue weighted by atomic mass is 16.5. The van der Waals surface area contributed by atoms with Crippen LogP contribution < -0.4 is 9.47 Å². The van der Waals surface area contributed by atoms with Gasteiger partial charge >= 0.3 is 0 Å². The van der Waals surface area contributed by atoms with Crippen LogP contribution in [0.2, 0.25) is 0 Å². The molecule has 0 spiro atoms. The first-order valence-corrected chi connectivity index (χ1v) is 8.90. The normalized spacial score (nSPS) is 16.9. The third-order valence-corrected chi connectivity index (χ3v) is 4.93. The van der Waals surface area contributed by atoms with Gasteiger partial charge in [-0.15, -0.1) is 0 Å². The van der Waals surface area contributed by atoms with Gasteiger partial charge in [-0.1, -0.05) is 24.3 Å². The van der Waals surface area contributed by atoms with Crippen molar-refractivity contribution in [2.24, 2.45) is 0 Å². The molecule has 4 heteroatoms. The second kappa shape index (κ2) is 8.09. The van der Waals surface area contributed by atoms with Gasteiger partial charge in [-0.25, -0.2) is 0 Å². The summed E-state index contributed by atoms with van der Waals surface area (Å²) < 4.78 is 10.9. The van der Waals surface area contributed by atoms with Crippen molar-refractivity contribution in [3.63, 3.8) is 0 Å². The zero-order chi connectivity index (χ0) is 18.5. The molecule has 0 aromatic heterocycles. The molecular weight excluding hydrogens is 326 g/mol. The zero-order valence-electron chi connectivity index (χ0n) is 15.6. The molecule has 2 aromatic rings. The Bertz CT molecular complexity index is 813. The van der Waals surface area contributed by atoms with Gasteiger partial charge < -0.3 is 14.4 Å². The average Bonchev–Trinajstić information content (AvgIpc) is 3.16. The molecule has 1 amide bonds. The Hall–Kier alpha value is -2.75. The molecule has 0 saturated carbocycles. The lowest BCUT2D eigenvalue weighted by Gasteiger charge is -2.25. The quantitative estimate of drug-likeness (QED) is 0.750. The summed E-state index contributed by atoms with van der Waals surface area (Å²) in [5.41, 5.74) is 3.22. The standard InChI is InChI=1S/C22H25NO3/c1-16-7-4-5-8-17(16)10-13-22(24)23-14-6-9-20(23)19-15-18(25-2)11-12-21(19)26-3/h4-5,7-8,10-13,15,20H,6,9,14H2,1-3H3/b13-10+. The SMILES string of the molecule is COc1ccc(OC)c(C2CCCN2C(=O)/C=C/c2ccccc2C)c1. The van der Waals surface area contributed by atoms with Crippen molar-refractivity contribution in [1.82, 2.24) is 4.90 Å². The molecule has 0 radical (unpaired) electrons. The maximum Gasteiger partial charge on any atom is 0.247 e. The molecule has 4 nitrogen and oxygen atoms in total. The molecule has 1 aliphatic rings. The molecule has 26 heavy (non-hydrogen) atoms. The number of amides is 1. The molecule has 1 unspecified atom stereocenters. The Labute approximate surface area is 155 Å². The zero-order valence-corrected chi connectivity index (χ0v) is 15.6. The molecule has 1 heterocycles. The molecule has 1 saturated heterocycles. The van der Waals surface area contributed by atoms with E-state index >= 15 is 0 Å². The number of nitrogens with zero attached hydrogens (tertiary/aromatic N) is 1. The van der Waals surface area contributed by atoms with Gasteiger partial charge in [0, 0.05) is 18.2 Å². The van der Waals surface area contributed by atoms with Crippen LogP contribution in [0.3, 0.4) is 0 Å². The summed E-state index contributed by atoms with van der Waals surface area (Å²) in [6, 6.07) is 13.8. The summed E-state index contributed by atoms with van der Waals surface area (Å²) in [5, 5.41) is 0. The van der Waals surface area contributed by atoms with Gasteiger partial charge in [0.15, 0.2) is 0 Å². The Balaban J connectivity index is 1.84. The van der Waals surface area contributed by atoms with E-state index in [1.54, 1.807) is 20.3 Å². The average molecular weight is 351 g/mol. The fourth-order valence-corrected chi connectivity index (χ4v) is 3.48. The number of aryl methyl sites for hydroxylation is 1. The van der Waals surface area contributed by atoms with Crippen molar-refractivity contribution >= 4 is 12.0 Å². The number of benzene rings is 2. The summed E-state index contributed by atoms with van der Waals surface area (Å²) in [7, 11) is 3.30. The van der Waals surface area contributed by atoms with Crippen LogP contribution in [0.15, 0.2) is 48.5 Å². The van der Waals surface area contributed by atoms with Crippen LogP contribution in [0, 0.1) is 6.92 Å². The van der Waals surface area contributed by atoms with Crippen molar-refractivity contribution < 1.29 is 14.3 Å². The van der Waals surface area contributed by atoms with E-state index < -0.39 is 0 Å². The summed E-state index contributed by atoms with van der Waals surface area (Å²) >= 11 is 0. The fraction of sp³-hybridized carbons (Fsp3) is 0.318. The van der Waals surface area contributed by atoms with Gasteiger partial charge in [0.2, 0.25) is 5.91 Å². The van der Waals surface area contributed by atoms with Crippen LogP contribution in [0.5, 0.6) is 11.5 Å². The van der Waals surface area contributed by atoms with Gasteiger partial charge in [-0.3, -0.25) is 4.79 Å². The molecule has 1 aliphatic heterocycles. The molecule has 0 bridgehead atoms. The molecule has 3 rings (SSSR count). The molecule has 136 valence electrons. The molecule has 1 fully saturated rings. The Morgan fingerprint density at radius 2 is 1.96 bits per heavy atom. The summed E-state index contributed by atoms with van der Waals surface area (Å²) in [6.45, 7) is 2.80. The second-order valence-electron chi connectivity index (χ2n) is 6.49. The van der Waals surface area contributed by atoms with E-state index in [1.165, 1.54) is 0 Å². The summed E-state index contributed by atoms with van der Waals surface area (Å²) in [6.07, 6.45) is 5.48. The number of hydrogen-bond acceptors (Lipinski definition) is 3. The van der Waals surface area contributed by atoms with E-state index in [-0.39, 0.29) is 11.9 Å². The van der Waals surface area contributed by atoms with Crippen molar-refractivity contribution in [1.29, 1.82) is 0 Å². The molecule has 0 aliphatic carbocycles. The van der Waals surface area contributed by atoms with Gasteiger partial charge in [-0.05, 0) is 55.2 Å². The van der Waals surface area contributed by atoms with E-state index in [1.807, 2.05) is 60.4 Å². The van der Waals surface area contributed by atoms with Gasteiger partial charge in [0.05, 0.1) is 20.3 Å². The summed E-state index contributed by atoms with van der Waals surface area (Å²) in [4.78, 5) is 14.8. The highest BCUT2D eigenvalue weighted by molar-refractivity contribution is 5.92. The number of ether oxygens (including phenoxy) is 2. The number of carbonyl (C=O) groups is 1. The van der Waals surface area contributed by atoms with E-state index in [4.69, 9.17) is 9.47 Å². The van der Waals surface area contributed by atoms with E-state index in [2.05, 4.69) is 0 Å². The lowest BCUT2D eigenvalue weighted by Crippen LogP contribution is -2.29. The monoisotopic (exact) mass is 351 g/mol. The predicted octanol–water partition coefficient (Wildman–Crippen LogP) is 4.39. The maximum absolute atomic E-state index is 12.8. The lowest BCUT2D eigenvalue weighted by atomic mass is 10.0. The van der Waals surface area contributed by atoms with Gasteiger partial charge in [0.25, 0.3) is 0 Å². The maximum atomic E-state index is 12.8. The first-order valence-electron chi connectivity index (χ1n) is 8.90. The van der Waals surface area contributed by atoms with E-state index in [0.717, 1.165) is 47.6 Å². The minimum atomic E-state index is 0.00840. The van der Waals surface area contributed by atoms with Crippen LogP contribution in [-0.4, -0.2) is 31.6 Å². The molecule has 2 aromatic carbocycles. The van der Waals surface area contributed by atoms with Crippen LogP contribution in [0.4, 0.5) is 0 Å². The van der Waals surface area contributed by atoms with E-state index in [9.17, 15) is 4.79 Å². The van der Waals surface area contributed by atoms with Crippen LogP contribution in [0.25, 0.3) is 6.08 Å². The molecule has 1 atom stereocenters. The fourth-order valence-electron chi connectivity index (χ4n) is 3.48. The number of methoxy groups -OCH3 is 2. The Morgan fingerprint density at radius 1 is 1.15 bits per heavy atom. The van der Waals surface area contributed by atoms with E-state index in [0.29, 0.717) is 0 Å². The highest BCUT2D eigenvalue weighted by Gasteiger charge is 2.31. The smallest absolute Gasteiger partial charge is 0.247 e. The predicted molar refractivity (Wildman–Crippen MR) is 103 cm³/mol.